The molecular weight excluding hydrogens is 252 g/mol. The number of rotatable bonds is 3. The van der Waals surface area contributed by atoms with Gasteiger partial charge in [0.1, 0.15) is 5.82 Å². The molecule has 1 atom stereocenters. The van der Waals surface area contributed by atoms with E-state index in [1.54, 1.807) is 0 Å². The highest BCUT2D eigenvalue weighted by molar-refractivity contribution is 5.41. The lowest BCUT2D eigenvalue weighted by molar-refractivity contribution is 0.0134. The first-order chi connectivity index (χ1) is 9.70. The largest absolute Gasteiger partial charge is 0.381 e. The minimum Gasteiger partial charge on any atom is -0.381 e. The number of ether oxygens (including phenoxy) is 1. The second-order valence-corrected chi connectivity index (χ2v) is 6.20. The van der Waals surface area contributed by atoms with Gasteiger partial charge in [-0.15, -0.1) is 0 Å². The predicted octanol–water partition coefficient (Wildman–Crippen LogP) is 2.30. The van der Waals surface area contributed by atoms with Crippen LogP contribution >= 0.6 is 0 Å². The van der Waals surface area contributed by atoms with E-state index in [0.29, 0.717) is 11.5 Å². The van der Waals surface area contributed by atoms with Crippen molar-refractivity contribution in [2.75, 3.05) is 37.5 Å². The molecule has 1 saturated carbocycles. The molecule has 20 heavy (non-hydrogen) atoms. The van der Waals surface area contributed by atoms with Gasteiger partial charge < -0.3 is 15.0 Å². The first-order valence-electron chi connectivity index (χ1n) is 7.54. The van der Waals surface area contributed by atoms with Crippen LogP contribution in [0.3, 0.4) is 0 Å². The van der Waals surface area contributed by atoms with Gasteiger partial charge in [0.05, 0.1) is 0 Å². The van der Waals surface area contributed by atoms with Crippen LogP contribution in [0.5, 0.6) is 0 Å². The Labute approximate surface area is 120 Å². The molecular formula is C15H24N4O. The van der Waals surface area contributed by atoms with Crippen molar-refractivity contribution in [3.63, 3.8) is 0 Å². The molecule has 3 rings (SSSR count). The highest BCUT2D eigenvalue weighted by Crippen LogP contribution is 2.47. The third kappa shape index (κ3) is 2.59. The highest BCUT2D eigenvalue weighted by Gasteiger charge is 2.43. The molecule has 0 aromatic carbocycles. The lowest BCUT2D eigenvalue weighted by Crippen LogP contribution is -2.40. The number of anilines is 2. The van der Waals surface area contributed by atoms with E-state index in [0.717, 1.165) is 25.0 Å². The molecule has 1 spiro atoms. The zero-order chi connectivity index (χ0) is 14.0. The van der Waals surface area contributed by atoms with E-state index in [1.165, 1.54) is 32.1 Å². The molecule has 110 valence electrons. The lowest BCUT2D eigenvalue weighted by Gasteiger charge is -2.39. The Bertz CT molecular complexity index is 457. The van der Waals surface area contributed by atoms with E-state index >= 15 is 0 Å². The van der Waals surface area contributed by atoms with Crippen LogP contribution in [-0.2, 0) is 4.74 Å². The Morgan fingerprint density at radius 2 is 2.10 bits per heavy atom. The third-order valence-electron chi connectivity index (χ3n) is 4.76. The summed E-state index contributed by atoms with van der Waals surface area (Å²) in [6.45, 7) is 1.82. The van der Waals surface area contributed by atoms with Gasteiger partial charge in [-0.25, -0.2) is 4.98 Å². The van der Waals surface area contributed by atoms with Crippen molar-refractivity contribution >= 4 is 11.8 Å². The van der Waals surface area contributed by atoms with E-state index in [4.69, 9.17) is 4.74 Å². The van der Waals surface area contributed by atoms with E-state index in [1.807, 2.05) is 31.3 Å². The van der Waals surface area contributed by atoms with E-state index in [9.17, 15) is 0 Å². The second-order valence-electron chi connectivity index (χ2n) is 6.20. The van der Waals surface area contributed by atoms with Gasteiger partial charge in [-0.1, -0.05) is 6.42 Å². The van der Waals surface area contributed by atoms with Crippen molar-refractivity contribution in [2.24, 2.45) is 5.41 Å². The zero-order valence-corrected chi connectivity index (χ0v) is 12.4. The van der Waals surface area contributed by atoms with Crippen LogP contribution in [0.1, 0.15) is 32.1 Å². The summed E-state index contributed by atoms with van der Waals surface area (Å²) in [6.07, 6.45) is 8.05. The van der Waals surface area contributed by atoms with Gasteiger partial charge >= 0.3 is 0 Å². The van der Waals surface area contributed by atoms with E-state index < -0.39 is 0 Å². The van der Waals surface area contributed by atoms with Crippen molar-refractivity contribution < 1.29 is 4.74 Å². The average Bonchev–Trinajstić information content (AvgIpc) is 2.82. The molecule has 2 heterocycles. The second kappa shape index (κ2) is 5.56. The highest BCUT2D eigenvalue weighted by atomic mass is 16.5. The summed E-state index contributed by atoms with van der Waals surface area (Å²) in [5.74, 6) is 1.70. The molecule has 1 aliphatic carbocycles. The van der Waals surface area contributed by atoms with Crippen LogP contribution in [-0.4, -0.2) is 43.3 Å². The number of nitrogens with zero attached hydrogens (tertiary/aromatic N) is 3. The lowest BCUT2D eigenvalue weighted by atomic mass is 9.75. The standard InChI is InChI=1S/C15H24N4O/c1-19(2)14-16-9-5-13(18-14)17-12-4-3-6-15(12)7-10-20-11-8-15/h5,9,12H,3-4,6-8,10-11H2,1-2H3,(H,16,17,18)/t12-/m1/s1. The van der Waals surface area contributed by atoms with Crippen LogP contribution in [0.4, 0.5) is 11.8 Å². The van der Waals surface area contributed by atoms with Crippen LogP contribution in [0, 0.1) is 5.41 Å². The van der Waals surface area contributed by atoms with Gasteiger partial charge in [0.2, 0.25) is 5.95 Å². The third-order valence-corrected chi connectivity index (χ3v) is 4.76. The maximum absolute atomic E-state index is 5.55. The van der Waals surface area contributed by atoms with Crippen molar-refractivity contribution in [3.05, 3.63) is 12.3 Å². The van der Waals surface area contributed by atoms with Crippen molar-refractivity contribution in [1.82, 2.24) is 9.97 Å². The quantitative estimate of drug-likeness (QED) is 0.918. The maximum Gasteiger partial charge on any atom is 0.226 e. The fourth-order valence-electron chi connectivity index (χ4n) is 3.56. The predicted molar refractivity (Wildman–Crippen MR) is 80.1 cm³/mol. The Morgan fingerprint density at radius 3 is 2.85 bits per heavy atom. The number of hydrogen-bond donors (Lipinski definition) is 1. The molecule has 1 aromatic heterocycles. The summed E-state index contributed by atoms with van der Waals surface area (Å²) in [5.41, 5.74) is 0.418. The molecule has 0 amide bonds. The topological polar surface area (TPSA) is 50.3 Å². The van der Waals surface area contributed by atoms with Gasteiger partial charge in [0, 0.05) is 39.5 Å². The van der Waals surface area contributed by atoms with Crippen LogP contribution < -0.4 is 10.2 Å². The van der Waals surface area contributed by atoms with Gasteiger partial charge in [0.25, 0.3) is 0 Å². The molecule has 2 aliphatic rings. The first-order valence-corrected chi connectivity index (χ1v) is 7.54. The fourth-order valence-corrected chi connectivity index (χ4v) is 3.56. The number of aromatic nitrogens is 2. The first kappa shape index (κ1) is 13.6. The molecule has 0 unspecified atom stereocenters. The summed E-state index contributed by atoms with van der Waals surface area (Å²) in [6, 6.07) is 2.49. The van der Waals surface area contributed by atoms with Gasteiger partial charge in [0.15, 0.2) is 0 Å². The van der Waals surface area contributed by atoms with Crippen molar-refractivity contribution in [3.8, 4) is 0 Å². The Hall–Kier alpha value is -1.36. The number of hydrogen-bond acceptors (Lipinski definition) is 5. The van der Waals surface area contributed by atoms with Crippen molar-refractivity contribution in [1.29, 1.82) is 0 Å². The summed E-state index contributed by atoms with van der Waals surface area (Å²) >= 11 is 0. The summed E-state index contributed by atoms with van der Waals surface area (Å²) in [7, 11) is 3.93. The van der Waals surface area contributed by atoms with Crippen LogP contribution in [0.15, 0.2) is 12.3 Å². The summed E-state index contributed by atoms with van der Waals surface area (Å²) < 4.78 is 5.55. The Kier molecular flexibility index (Phi) is 3.78. The zero-order valence-electron chi connectivity index (χ0n) is 12.4. The maximum atomic E-state index is 5.55. The molecule has 1 N–H and O–H groups in total. The van der Waals surface area contributed by atoms with Crippen LogP contribution in [0.2, 0.25) is 0 Å². The number of nitrogens with one attached hydrogen (secondary N) is 1. The Morgan fingerprint density at radius 1 is 1.30 bits per heavy atom. The minimum absolute atomic E-state index is 0.418. The normalized spacial score (nSPS) is 24.8. The molecule has 1 aliphatic heterocycles. The molecule has 1 saturated heterocycles. The monoisotopic (exact) mass is 276 g/mol. The Balaban J connectivity index is 1.74. The van der Waals surface area contributed by atoms with E-state index in [-0.39, 0.29) is 0 Å². The molecule has 5 heteroatoms. The summed E-state index contributed by atoms with van der Waals surface area (Å²) in [4.78, 5) is 10.8. The fraction of sp³-hybridized carbons (Fsp3) is 0.733. The minimum atomic E-state index is 0.418. The molecule has 5 nitrogen and oxygen atoms in total. The average molecular weight is 276 g/mol. The molecule has 0 radical (unpaired) electrons. The van der Waals surface area contributed by atoms with Crippen LogP contribution in [0.25, 0.3) is 0 Å². The van der Waals surface area contributed by atoms with Gasteiger partial charge in [-0.05, 0) is 37.2 Å². The van der Waals surface area contributed by atoms with Crippen molar-refractivity contribution in [2.45, 2.75) is 38.1 Å². The molecule has 2 fully saturated rings. The van der Waals surface area contributed by atoms with E-state index in [2.05, 4.69) is 15.3 Å². The smallest absolute Gasteiger partial charge is 0.226 e. The van der Waals surface area contributed by atoms with Gasteiger partial charge in [-0.3, -0.25) is 0 Å². The SMILES string of the molecule is CN(C)c1nccc(N[C@@H]2CCCC23CCOCC3)n1. The molecule has 1 aromatic rings. The summed E-state index contributed by atoms with van der Waals surface area (Å²) in [5, 5.41) is 3.66. The van der Waals surface area contributed by atoms with Gasteiger partial charge in [-0.2, -0.15) is 4.98 Å². The molecule has 0 bridgehead atoms.